The molecule has 1 unspecified atom stereocenters. The third-order valence-corrected chi connectivity index (χ3v) is 2.86. The van der Waals surface area contributed by atoms with Gasteiger partial charge in [0.15, 0.2) is 11.0 Å². The second-order valence-corrected chi connectivity index (χ2v) is 4.22. The van der Waals surface area contributed by atoms with Crippen LogP contribution in [0.15, 0.2) is 6.20 Å². The minimum atomic E-state index is -0.0182. The first kappa shape index (κ1) is 12.1. The van der Waals surface area contributed by atoms with E-state index >= 15 is 0 Å². The van der Waals surface area contributed by atoms with Gasteiger partial charge in [0.1, 0.15) is 0 Å². The second-order valence-electron chi connectivity index (χ2n) is 3.84. The molecule has 2 heterocycles. The van der Waals surface area contributed by atoms with Crippen molar-refractivity contribution in [2.75, 3.05) is 25.1 Å². The summed E-state index contributed by atoms with van der Waals surface area (Å²) < 4.78 is 5.07. The van der Waals surface area contributed by atoms with Crippen molar-refractivity contribution < 1.29 is 9.53 Å². The second kappa shape index (κ2) is 4.85. The molecule has 0 saturated carbocycles. The summed E-state index contributed by atoms with van der Waals surface area (Å²) in [4.78, 5) is 21.4. The molecule has 0 aromatic carbocycles. The molecule has 1 fully saturated rings. The highest BCUT2D eigenvalue weighted by Gasteiger charge is 2.32. The van der Waals surface area contributed by atoms with Gasteiger partial charge >= 0.3 is 0 Å². The van der Waals surface area contributed by atoms with Crippen LogP contribution in [0, 0.1) is 5.92 Å². The van der Waals surface area contributed by atoms with Gasteiger partial charge < -0.3 is 10.5 Å². The quantitative estimate of drug-likeness (QED) is 0.849. The molecule has 2 rings (SSSR count). The fourth-order valence-electron chi connectivity index (χ4n) is 1.81. The number of hydrogen-bond donors (Lipinski definition) is 1. The lowest BCUT2D eigenvalue weighted by Gasteiger charge is -2.17. The normalized spacial score (nSPS) is 19.8. The molecular formula is C10H13ClN4O2. The molecule has 1 amide bonds. The van der Waals surface area contributed by atoms with Gasteiger partial charge in [-0.05, 0) is 12.5 Å². The third-order valence-electron chi connectivity index (χ3n) is 2.68. The van der Waals surface area contributed by atoms with Crippen LogP contribution in [0.4, 0.5) is 5.82 Å². The average Bonchev–Trinajstić information content (AvgIpc) is 2.70. The fraction of sp³-hybridized carbons (Fsp3) is 0.500. The molecule has 7 heteroatoms. The lowest BCUT2D eigenvalue weighted by atomic mass is 10.1. The van der Waals surface area contributed by atoms with E-state index in [2.05, 4.69) is 9.97 Å². The van der Waals surface area contributed by atoms with Crippen molar-refractivity contribution in [2.45, 2.75) is 6.42 Å². The Hall–Kier alpha value is -1.40. The van der Waals surface area contributed by atoms with Crippen molar-refractivity contribution in [1.29, 1.82) is 0 Å². The van der Waals surface area contributed by atoms with E-state index in [4.69, 9.17) is 22.1 Å². The third kappa shape index (κ3) is 2.32. The van der Waals surface area contributed by atoms with Crippen molar-refractivity contribution in [3.63, 3.8) is 0 Å². The summed E-state index contributed by atoms with van der Waals surface area (Å²) in [5, 5.41) is 0.229. The number of nitrogens with two attached hydrogens (primary N) is 1. The maximum absolute atomic E-state index is 11.8. The number of carbonyl (C=O) groups excluding carboxylic acids is 1. The molecule has 6 nitrogen and oxygen atoms in total. The largest absolute Gasteiger partial charge is 0.478 e. The zero-order valence-corrected chi connectivity index (χ0v) is 10.1. The predicted octanol–water partition coefficient (Wildman–Crippen LogP) is 0.450. The Morgan fingerprint density at radius 3 is 3.06 bits per heavy atom. The lowest BCUT2D eigenvalue weighted by Crippen LogP contribution is -2.27. The molecule has 1 aliphatic rings. The van der Waals surface area contributed by atoms with Gasteiger partial charge in [0.05, 0.1) is 13.3 Å². The Bertz CT molecular complexity index is 440. The molecule has 2 N–H and O–H groups in total. The highest BCUT2D eigenvalue weighted by Crippen LogP contribution is 2.29. The van der Waals surface area contributed by atoms with Crippen molar-refractivity contribution in [3.05, 3.63) is 11.3 Å². The Labute approximate surface area is 104 Å². The molecule has 1 aliphatic heterocycles. The van der Waals surface area contributed by atoms with Gasteiger partial charge in [0.25, 0.3) is 5.88 Å². The van der Waals surface area contributed by atoms with Gasteiger partial charge in [-0.3, -0.25) is 9.69 Å². The van der Waals surface area contributed by atoms with Gasteiger partial charge in [-0.1, -0.05) is 11.6 Å². The molecule has 0 radical (unpaired) electrons. The van der Waals surface area contributed by atoms with Crippen molar-refractivity contribution in [2.24, 2.45) is 11.7 Å². The zero-order chi connectivity index (χ0) is 12.4. The molecule has 0 spiro atoms. The fourth-order valence-corrected chi connectivity index (χ4v) is 1.94. The lowest BCUT2D eigenvalue weighted by molar-refractivity contribution is -0.117. The number of anilines is 1. The summed E-state index contributed by atoms with van der Waals surface area (Å²) in [6.07, 6.45) is 1.83. The molecule has 1 aromatic heterocycles. The number of hydrogen-bond acceptors (Lipinski definition) is 5. The minimum Gasteiger partial charge on any atom is -0.478 e. The maximum atomic E-state index is 11.8. The van der Waals surface area contributed by atoms with E-state index in [9.17, 15) is 4.79 Å². The van der Waals surface area contributed by atoms with Crippen LogP contribution >= 0.6 is 11.6 Å². The SMILES string of the molecule is COc1nc(Cl)cnc1N1CC(CN)CC1=O. The molecule has 0 aliphatic carbocycles. The number of rotatable bonds is 3. The predicted molar refractivity (Wildman–Crippen MR) is 63.1 cm³/mol. The van der Waals surface area contributed by atoms with E-state index in [-0.39, 0.29) is 22.9 Å². The standard InChI is InChI=1S/C10H13ClN4O2/c1-17-10-9(13-4-7(11)14-10)15-5-6(3-12)2-8(15)16/h4,6H,2-3,5,12H2,1H3. The molecule has 1 aromatic rings. The number of nitrogens with zero attached hydrogens (tertiary/aromatic N) is 3. The first-order chi connectivity index (χ1) is 8.15. The molecule has 92 valence electrons. The van der Waals surface area contributed by atoms with Crippen LogP contribution in [-0.4, -0.2) is 36.1 Å². The van der Waals surface area contributed by atoms with Gasteiger partial charge in [0, 0.05) is 13.0 Å². The van der Waals surface area contributed by atoms with Crippen molar-refractivity contribution >= 4 is 23.3 Å². The van der Waals surface area contributed by atoms with Gasteiger partial charge in [-0.25, -0.2) is 4.98 Å². The number of amides is 1. The van der Waals surface area contributed by atoms with Crippen molar-refractivity contribution in [1.82, 2.24) is 9.97 Å². The van der Waals surface area contributed by atoms with Gasteiger partial charge in [-0.2, -0.15) is 4.98 Å². The highest BCUT2D eigenvalue weighted by molar-refractivity contribution is 6.29. The number of halogens is 1. The van der Waals surface area contributed by atoms with Crippen LogP contribution in [-0.2, 0) is 4.79 Å². The summed E-state index contributed by atoms with van der Waals surface area (Å²) in [5.74, 6) is 0.793. The first-order valence-electron chi connectivity index (χ1n) is 5.22. The Morgan fingerprint density at radius 2 is 2.47 bits per heavy atom. The van der Waals surface area contributed by atoms with Crippen molar-refractivity contribution in [3.8, 4) is 5.88 Å². The van der Waals surface area contributed by atoms with Crippen LogP contribution < -0.4 is 15.4 Å². The summed E-state index contributed by atoms with van der Waals surface area (Å²) in [5.41, 5.74) is 5.56. The molecule has 0 bridgehead atoms. The molecule has 1 saturated heterocycles. The van der Waals surface area contributed by atoms with Crippen LogP contribution in [0.5, 0.6) is 5.88 Å². The topological polar surface area (TPSA) is 81.3 Å². The number of ether oxygens (including phenoxy) is 1. The monoisotopic (exact) mass is 256 g/mol. The van der Waals surface area contributed by atoms with E-state index in [1.165, 1.54) is 13.3 Å². The average molecular weight is 257 g/mol. The van der Waals surface area contributed by atoms with E-state index < -0.39 is 0 Å². The summed E-state index contributed by atoms with van der Waals surface area (Å²) in [6.45, 7) is 1.02. The minimum absolute atomic E-state index is 0.0182. The summed E-state index contributed by atoms with van der Waals surface area (Å²) in [6, 6.07) is 0. The molecule has 1 atom stereocenters. The molecule has 17 heavy (non-hydrogen) atoms. The van der Waals surface area contributed by atoms with Crippen LogP contribution in [0.2, 0.25) is 5.15 Å². The zero-order valence-electron chi connectivity index (χ0n) is 9.39. The van der Waals surface area contributed by atoms with E-state index in [1.807, 2.05) is 0 Å². The Balaban J connectivity index is 2.31. The number of methoxy groups -OCH3 is 1. The van der Waals surface area contributed by atoms with Crippen LogP contribution in [0.3, 0.4) is 0 Å². The number of aromatic nitrogens is 2. The summed E-state index contributed by atoms with van der Waals surface area (Å²) in [7, 11) is 1.46. The molecular weight excluding hydrogens is 244 g/mol. The van der Waals surface area contributed by atoms with Crippen LogP contribution in [0.1, 0.15) is 6.42 Å². The van der Waals surface area contributed by atoms with E-state index in [1.54, 1.807) is 4.90 Å². The first-order valence-corrected chi connectivity index (χ1v) is 5.60. The summed E-state index contributed by atoms with van der Waals surface area (Å²) >= 11 is 5.72. The van der Waals surface area contributed by atoms with E-state index in [0.717, 1.165) is 0 Å². The van der Waals surface area contributed by atoms with Gasteiger partial charge in [-0.15, -0.1) is 0 Å². The smallest absolute Gasteiger partial charge is 0.259 e. The highest BCUT2D eigenvalue weighted by atomic mass is 35.5. The van der Waals surface area contributed by atoms with Crippen LogP contribution in [0.25, 0.3) is 0 Å². The Morgan fingerprint density at radius 1 is 1.71 bits per heavy atom. The maximum Gasteiger partial charge on any atom is 0.259 e. The Kier molecular flexibility index (Phi) is 3.44. The van der Waals surface area contributed by atoms with Gasteiger partial charge in [0.2, 0.25) is 5.91 Å². The number of carbonyl (C=O) groups is 1. The van der Waals surface area contributed by atoms with E-state index in [0.29, 0.717) is 25.3 Å².